The molecule has 0 saturated carbocycles. The van der Waals surface area contributed by atoms with Gasteiger partial charge in [0, 0.05) is 12.6 Å². The second-order valence-electron chi connectivity index (χ2n) is 4.19. The number of para-hydroxylation sites is 1. The van der Waals surface area contributed by atoms with Crippen LogP contribution in [0.15, 0.2) is 18.2 Å². The molecular weight excluding hydrogens is 220 g/mol. The number of benzene rings is 1. The van der Waals surface area contributed by atoms with E-state index in [1.165, 1.54) is 18.2 Å². The Balaban J connectivity index is 2.06. The third-order valence-corrected chi connectivity index (χ3v) is 2.89. The smallest absolute Gasteiger partial charge is 0.255 e. The number of amides is 1. The molecule has 1 fully saturated rings. The van der Waals surface area contributed by atoms with Gasteiger partial charge in [0.1, 0.15) is 0 Å². The van der Waals surface area contributed by atoms with Crippen LogP contribution in [0.25, 0.3) is 0 Å². The van der Waals surface area contributed by atoms with Gasteiger partial charge in [0.25, 0.3) is 5.91 Å². The van der Waals surface area contributed by atoms with Crippen LogP contribution in [-0.4, -0.2) is 35.3 Å². The molecule has 17 heavy (non-hydrogen) atoms. The van der Waals surface area contributed by atoms with Crippen molar-refractivity contribution in [3.63, 3.8) is 0 Å². The summed E-state index contributed by atoms with van der Waals surface area (Å²) in [4.78, 5) is 11.9. The second kappa shape index (κ2) is 5.05. The number of rotatable bonds is 2. The van der Waals surface area contributed by atoms with Crippen molar-refractivity contribution in [2.45, 2.75) is 18.9 Å². The van der Waals surface area contributed by atoms with E-state index in [9.17, 15) is 15.0 Å². The molecule has 1 saturated heterocycles. The number of nitrogens with one attached hydrogen (secondary N) is 2. The van der Waals surface area contributed by atoms with Crippen LogP contribution in [0.3, 0.4) is 0 Å². The highest BCUT2D eigenvalue weighted by atomic mass is 16.3. The molecule has 92 valence electrons. The van der Waals surface area contributed by atoms with Crippen LogP contribution in [0, 0.1) is 0 Å². The fourth-order valence-corrected chi connectivity index (χ4v) is 1.95. The van der Waals surface area contributed by atoms with Crippen molar-refractivity contribution in [3.8, 4) is 11.5 Å². The highest BCUT2D eigenvalue weighted by Gasteiger charge is 2.19. The predicted octanol–water partition coefficient (Wildman–Crippen LogP) is 0.580. The summed E-state index contributed by atoms with van der Waals surface area (Å²) in [5.41, 5.74) is 0.107. The molecule has 1 aliphatic rings. The lowest BCUT2D eigenvalue weighted by Crippen LogP contribution is -2.45. The lowest BCUT2D eigenvalue weighted by atomic mass is 10.1. The summed E-state index contributed by atoms with van der Waals surface area (Å²) in [5.74, 6) is -1.000. The van der Waals surface area contributed by atoms with Gasteiger partial charge in [-0.05, 0) is 31.5 Å². The summed E-state index contributed by atoms with van der Waals surface area (Å²) in [6, 6.07) is 4.44. The molecule has 0 aromatic heterocycles. The molecule has 1 heterocycles. The van der Waals surface area contributed by atoms with E-state index in [0.29, 0.717) is 0 Å². The fourth-order valence-electron chi connectivity index (χ4n) is 1.95. The molecule has 1 atom stereocenters. The zero-order chi connectivity index (χ0) is 12.3. The summed E-state index contributed by atoms with van der Waals surface area (Å²) in [6.45, 7) is 1.72. The Labute approximate surface area is 99.5 Å². The first kappa shape index (κ1) is 11.7. The minimum absolute atomic E-state index is 0.0815. The van der Waals surface area contributed by atoms with Gasteiger partial charge in [-0.15, -0.1) is 0 Å². The van der Waals surface area contributed by atoms with Gasteiger partial charge in [-0.3, -0.25) is 4.79 Å². The SMILES string of the molecule is O=C(NC1CCCNC1)c1cccc(O)c1O. The molecule has 1 aromatic carbocycles. The second-order valence-corrected chi connectivity index (χ2v) is 4.19. The highest BCUT2D eigenvalue weighted by molar-refractivity contribution is 5.97. The van der Waals surface area contributed by atoms with Gasteiger partial charge >= 0.3 is 0 Å². The Morgan fingerprint density at radius 2 is 2.24 bits per heavy atom. The number of carbonyl (C=O) groups is 1. The zero-order valence-electron chi connectivity index (χ0n) is 9.44. The van der Waals surface area contributed by atoms with E-state index < -0.39 is 0 Å². The zero-order valence-corrected chi connectivity index (χ0v) is 9.44. The Bertz CT molecular complexity index is 414. The van der Waals surface area contributed by atoms with E-state index in [4.69, 9.17) is 0 Å². The van der Waals surface area contributed by atoms with Crippen LogP contribution in [0.4, 0.5) is 0 Å². The Morgan fingerprint density at radius 3 is 2.94 bits per heavy atom. The van der Waals surface area contributed by atoms with Crippen LogP contribution >= 0.6 is 0 Å². The molecule has 1 aliphatic heterocycles. The average molecular weight is 236 g/mol. The third-order valence-electron chi connectivity index (χ3n) is 2.89. The molecule has 0 radical (unpaired) electrons. The molecule has 0 spiro atoms. The normalized spacial score (nSPS) is 19.9. The van der Waals surface area contributed by atoms with Gasteiger partial charge in [-0.2, -0.15) is 0 Å². The molecule has 4 N–H and O–H groups in total. The van der Waals surface area contributed by atoms with Crippen LogP contribution in [0.5, 0.6) is 11.5 Å². The quantitative estimate of drug-likeness (QED) is 0.566. The molecule has 5 nitrogen and oxygen atoms in total. The summed E-state index contributed by atoms with van der Waals surface area (Å²) in [5, 5.41) is 24.9. The highest BCUT2D eigenvalue weighted by Crippen LogP contribution is 2.28. The van der Waals surface area contributed by atoms with Crippen molar-refractivity contribution in [1.82, 2.24) is 10.6 Å². The maximum absolute atomic E-state index is 11.9. The van der Waals surface area contributed by atoms with Crippen LogP contribution in [0.2, 0.25) is 0 Å². The van der Waals surface area contributed by atoms with Gasteiger partial charge in [-0.1, -0.05) is 6.07 Å². The number of hydrogen-bond acceptors (Lipinski definition) is 4. The standard InChI is InChI=1S/C12H16N2O3/c15-10-5-1-4-9(11(10)16)12(17)14-8-3-2-6-13-7-8/h1,4-5,8,13,15-16H,2-3,6-7H2,(H,14,17). The van der Waals surface area contributed by atoms with Gasteiger partial charge in [0.15, 0.2) is 11.5 Å². The Morgan fingerprint density at radius 1 is 1.41 bits per heavy atom. The molecule has 2 rings (SSSR count). The van der Waals surface area contributed by atoms with Crippen LogP contribution < -0.4 is 10.6 Å². The summed E-state index contributed by atoms with van der Waals surface area (Å²) >= 11 is 0. The predicted molar refractivity (Wildman–Crippen MR) is 63.1 cm³/mol. The first-order valence-corrected chi connectivity index (χ1v) is 5.71. The van der Waals surface area contributed by atoms with Gasteiger partial charge in [-0.25, -0.2) is 0 Å². The van der Waals surface area contributed by atoms with E-state index in [2.05, 4.69) is 10.6 Å². The number of aromatic hydroxyl groups is 2. The van der Waals surface area contributed by atoms with E-state index >= 15 is 0 Å². The van der Waals surface area contributed by atoms with E-state index in [1.54, 1.807) is 0 Å². The van der Waals surface area contributed by atoms with Crippen molar-refractivity contribution in [1.29, 1.82) is 0 Å². The first-order valence-electron chi connectivity index (χ1n) is 5.71. The molecule has 1 unspecified atom stereocenters. The topological polar surface area (TPSA) is 81.6 Å². The van der Waals surface area contributed by atoms with Gasteiger partial charge < -0.3 is 20.8 Å². The van der Waals surface area contributed by atoms with Crippen molar-refractivity contribution >= 4 is 5.91 Å². The largest absolute Gasteiger partial charge is 0.504 e. The Hall–Kier alpha value is -1.75. The molecule has 0 aliphatic carbocycles. The van der Waals surface area contributed by atoms with Gasteiger partial charge in [0.05, 0.1) is 5.56 Å². The van der Waals surface area contributed by atoms with Crippen LogP contribution in [-0.2, 0) is 0 Å². The minimum Gasteiger partial charge on any atom is -0.504 e. The van der Waals surface area contributed by atoms with Crippen molar-refractivity contribution in [3.05, 3.63) is 23.8 Å². The van der Waals surface area contributed by atoms with Crippen molar-refractivity contribution in [2.75, 3.05) is 13.1 Å². The van der Waals surface area contributed by atoms with E-state index in [0.717, 1.165) is 25.9 Å². The summed E-state index contributed by atoms with van der Waals surface area (Å²) < 4.78 is 0. The third kappa shape index (κ3) is 2.68. The van der Waals surface area contributed by atoms with E-state index in [1.807, 2.05) is 0 Å². The van der Waals surface area contributed by atoms with Gasteiger partial charge in [0.2, 0.25) is 0 Å². The van der Waals surface area contributed by atoms with E-state index in [-0.39, 0.29) is 29.0 Å². The monoisotopic (exact) mass is 236 g/mol. The number of phenols is 2. The number of phenolic OH excluding ortho intramolecular Hbond substituents is 2. The minimum atomic E-state index is -0.367. The fraction of sp³-hybridized carbons (Fsp3) is 0.417. The maximum Gasteiger partial charge on any atom is 0.255 e. The first-order chi connectivity index (χ1) is 8.18. The molecule has 5 heteroatoms. The molecular formula is C12H16N2O3. The molecule has 1 amide bonds. The molecule has 0 bridgehead atoms. The maximum atomic E-state index is 11.9. The van der Waals surface area contributed by atoms with Crippen molar-refractivity contribution < 1.29 is 15.0 Å². The Kier molecular flexibility index (Phi) is 3.49. The lowest BCUT2D eigenvalue weighted by Gasteiger charge is -2.23. The van der Waals surface area contributed by atoms with Crippen LogP contribution in [0.1, 0.15) is 23.2 Å². The number of piperidine rings is 1. The van der Waals surface area contributed by atoms with Crippen molar-refractivity contribution in [2.24, 2.45) is 0 Å². The average Bonchev–Trinajstić information content (AvgIpc) is 2.34. The number of carbonyl (C=O) groups excluding carboxylic acids is 1. The molecule has 1 aromatic rings. The number of hydrogen-bond donors (Lipinski definition) is 4. The lowest BCUT2D eigenvalue weighted by molar-refractivity contribution is 0.0927. The summed E-state index contributed by atoms with van der Waals surface area (Å²) in [7, 11) is 0. The summed E-state index contributed by atoms with van der Waals surface area (Å²) in [6.07, 6.45) is 1.95.